The molecule has 6 nitrogen and oxygen atoms in total. The number of nitrogens with one attached hydrogen (secondary N) is 1. The summed E-state index contributed by atoms with van der Waals surface area (Å²) in [5.41, 5.74) is 0.745. The maximum absolute atomic E-state index is 11.6. The van der Waals surface area contributed by atoms with Crippen molar-refractivity contribution in [1.82, 2.24) is 5.32 Å². The summed E-state index contributed by atoms with van der Waals surface area (Å²) in [7, 11) is 0. The number of benzene rings is 1. The molecule has 0 fully saturated rings. The van der Waals surface area contributed by atoms with Gasteiger partial charge in [-0.05, 0) is 24.6 Å². The number of carboxylic acid groups (broad SMARTS) is 1. The van der Waals surface area contributed by atoms with Gasteiger partial charge in [0.25, 0.3) is 0 Å². The topological polar surface area (TPSA) is 84.9 Å². The first kappa shape index (κ1) is 12.2. The molecule has 1 aromatic rings. The van der Waals surface area contributed by atoms with Crippen LogP contribution in [0.4, 0.5) is 0 Å². The van der Waals surface area contributed by atoms with Crippen molar-refractivity contribution in [2.24, 2.45) is 0 Å². The van der Waals surface area contributed by atoms with Crippen LogP contribution in [0.1, 0.15) is 12.5 Å². The molecule has 2 rings (SSSR count). The number of aliphatic carboxylic acids is 1. The monoisotopic (exact) mass is 251 g/mol. The third-order valence-electron chi connectivity index (χ3n) is 2.55. The van der Waals surface area contributed by atoms with E-state index in [2.05, 4.69) is 5.32 Å². The Labute approximate surface area is 104 Å². The summed E-state index contributed by atoms with van der Waals surface area (Å²) in [5, 5.41) is 11.1. The second kappa shape index (κ2) is 4.95. The highest BCUT2D eigenvalue weighted by atomic mass is 16.7. The average molecular weight is 251 g/mol. The largest absolute Gasteiger partial charge is 0.480 e. The molecular formula is C12H13NO5. The van der Waals surface area contributed by atoms with Crippen LogP contribution in [0.15, 0.2) is 18.2 Å². The number of carbonyl (C=O) groups excluding carboxylic acids is 1. The van der Waals surface area contributed by atoms with E-state index in [4.69, 9.17) is 14.6 Å². The second-order valence-electron chi connectivity index (χ2n) is 3.99. The second-order valence-corrected chi connectivity index (χ2v) is 3.99. The lowest BCUT2D eigenvalue weighted by atomic mass is 10.1. The quantitative estimate of drug-likeness (QED) is 0.816. The molecule has 0 radical (unpaired) electrons. The zero-order chi connectivity index (χ0) is 13.1. The van der Waals surface area contributed by atoms with Gasteiger partial charge in [0.2, 0.25) is 12.7 Å². The zero-order valence-corrected chi connectivity index (χ0v) is 9.80. The van der Waals surface area contributed by atoms with Gasteiger partial charge in [-0.1, -0.05) is 6.07 Å². The van der Waals surface area contributed by atoms with Crippen LogP contribution < -0.4 is 14.8 Å². The van der Waals surface area contributed by atoms with Crippen molar-refractivity contribution in [3.8, 4) is 11.5 Å². The molecule has 6 heteroatoms. The van der Waals surface area contributed by atoms with Gasteiger partial charge in [-0.3, -0.25) is 9.59 Å². The summed E-state index contributed by atoms with van der Waals surface area (Å²) in [4.78, 5) is 22.2. The summed E-state index contributed by atoms with van der Waals surface area (Å²) in [6, 6.07) is 4.30. The van der Waals surface area contributed by atoms with E-state index in [1.807, 2.05) is 0 Å². The molecule has 0 saturated heterocycles. The van der Waals surface area contributed by atoms with E-state index in [0.717, 1.165) is 5.56 Å². The molecule has 1 atom stereocenters. The van der Waals surface area contributed by atoms with Gasteiger partial charge >= 0.3 is 5.97 Å². The van der Waals surface area contributed by atoms with Gasteiger partial charge < -0.3 is 19.9 Å². The molecular weight excluding hydrogens is 238 g/mol. The normalized spacial score (nSPS) is 14.1. The number of rotatable bonds is 4. The number of fused-ring (bicyclic) bond motifs is 1. The number of carboxylic acids is 1. The molecule has 1 aliphatic rings. The Morgan fingerprint density at radius 3 is 2.83 bits per heavy atom. The molecule has 0 aliphatic carbocycles. The average Bonchev–Trinajstić information content (AvgIpc) is 2.75. The molecule has 96 valence electrons. The molecule has 1 aromatic carbocycles. The predicted molar refractivity (Wildman–Crippen MR) is 61.5 cm³/mol. The number of hydrogen-bond acceptors (Lipinski definition) is 4. The Hall–Kier alpha value is -2.24. The fourth-order valence-electron chi connectivity index (χ4n) is 1.59. The van der Waals surface area contributed by atoms with Gasteiger partial charge in [0.1, 0.15) is 6.04 Å². The first-order chi connectivity index (χ1) is 8.56. The van der Waals surface area contributed by atoms with Crippen molar-refractivity contribution < 1.29 is 24.2 Å². The van der Waals surface area contributed by atoms with Crippen LogP contribution in [0.2, 0.25) is 0 Å². The highest BCUT2D eigenvalue weighted by Gasteiger charge is 2.17. The minimum atomic E-state index is -1.06. The third kappa shape index (κ3) is 2.71. The van der Waals surface area contributed by atoms with E-state index in [0.29, 0.717) is 11.5 Å². The molecule has 1 aliphatic heterocycles. The smallest absolute Gasteiger partial charge is 0.325 e. The lowest BCUT2D eigenvalue weighted by Gasteiger charge is -2.09. The van der Waals surface area contributed by atoms with Crippen molar-refractivity contribution in [2.45, 2.75) is 19.4 Å². The van der Waals surface area contributed by atoms with E-state index in [1.54, 1.807) is 18.2 Å². The molecule has 0 aromatic heterocycles. The molecule has 1 heterocycles. The fraction of sp³-hybridized carbons (Fsp3) is 0.333. The van der Waals surface area contributed by atoms with Gasteiger partial charge in [-0.25, -0.2) is 0 Å². The van der Waals surface area contributed by atoms with Crippen molar-refractivity contribution >= 4 is 11.9 Å². The summed E-state index contributed by atoms with van der Waals surface area (Å²) < 4.78 is 10.3. The highest BCUT2D eigenvalue weighted by molar-refractivity contribution is 5.84. The standard InChI is InChI=1S/C12H13NO5/c1-7(12(15)16)13-11(14)5-8-2-3-9-10(4-8)18-6-17-9/h2-4,7H,5-6H2,1H3,(H,13,14)(H,15,16). The lowest BCUT2D eigenvalue weighted by Crippen LogP contribution is -2.39. The number of amides is 1. The van der Waals surface area contributed by atoms with Crippen LogP contribution in [-0.2, 0) is 16.0 Å². The van der Waals surface area contributed by atoms with Crippen LogP contribution in [0, 0.1) is 0 Å². The fourth-order valence-corrected chi connectivity index (χ4v) is 1.59. The molecule has 0 spiro atoms. The van der Waals surface area contributed by atoms with E-state index < -0.39 is 12.0 Å². The molecule has 1 unspecified atom stereocenters. The summed E-state index contributed by atoms with van der Waals surface area (Å²) in [6.07, 6.45) is 0.105. The highest BCUT2D eigenvalue weighted by Crippen LogP contribution is 2.32. The van der Waals surface area contributed by atoms with E-state index in [-0.39, 0.29) is 19.1 Å². The molecule has 0 saturated carbocycles. The van der Waals surface area contributed by atoms with Crippen molar-refractivity contribution in [1.29, 1.82) is 0 Å². The number of carbonyl (C=O) groups is 2. The summed E-state index contributed by atoms with van der Waals surface area (Å²) in [5.74, 6) is -0.151. The number of hydrogen-bond donors (Lipinski definition) is 2. The lowest BCUT2D eigenvalue weighted by molar-refractivity contribution is -0.141. The van der Waals surface area contributed by atoms with Crippen LogP contribution in [0.25, 0.3) is 0 Å². The third-order valence-corrected chi connectivity index (χ3v) is 2.55. The molecule has 2 N–H and O–H groups in total. The maximum atomic E-state index is 11.6. The van der Waals surface area contributed by atoms with Crippen LogP contribution in [0.5, 0.6) is 11.5 Å². The van der Waals surface area contributed by atoms with Crippen molar-refractivity contribution in [3.63, 3.8) is 0 Å². The Morgan fingerprint density at radius 2 is 2.11 bits per heavy atom. The first-order valence-electron chi connectivity index (χ1n) is 5.47. The molecule has 0 bridgehead atoms. The van der Waals surface area contributed by atoms with Gasteiger partial charge in [0.15, 0.2) is 11.5 Å². The summed E-state index contributed by atoms with van der Waals surface area (Å²) in [6.45, 7) is 1.60. The van der Waals surface area contributed by atoms with Gasteiger partial charge in [-0.15, -0.1) is 0 Å². The summed E-state index contributed by atoms with van der Waals surface area (Å²) >= 11 is 0. The van der Waals surface area contributed by atoms with Crippen LogP contribution in [0.3, 0.4) is 0 Å². The van der Waals surface area contributed by atoms with Crippen molar-refractivity contribution in [2.75, 3.05) is 6.79 Å². The Balaban J connectivity index is 1.97. The van der Waals surface area contributed by atoms with E-state index in [1.165, 1.54) is 6.92 Å². The maximum Gasteiger partial charge on any atom is 0.325 e. The van der Waals surface area contributed by atoms with E-state index in [9.17, 15) is 9.59 Å². The Kier molecular flexibility index (Phi) is 3.36. The minimum Gasteiger partial charge on any atom is -0.480 e. The molecule has 1 amide bonds. The predicted octanol–water partition coefficient (Wildman–Crippen LogP) is 0.547. The van der Waals surface area contributed by atoms with Gasteiger partial charge in [-0.2, -0.15) is 0 Å². The SMILES string of the molecule is CC(NC(=O)Cc1ccc2c(c1)OCO2)C(=O)O. The van der Waals surface area contributed by atoms with Crippen molar-refractivity contribution in [3.05, 3.63) is 23.8 Å². The first-order valence-corrected chi connectivity index (χ1v) is 5.47. The van der Waals surface area contributed by atoms with Gasteiger partial charge in [0, 0.05) is 0 Å². The van der Waals surface area contributed by atoms with Crippen LogP contribution in [-0.4, -0.2) is 29.8 Å². The van der Waals surface area contributed by atoms with Crippen LogP contribution >= 0.6 is 0 Å². The Morgan fingerprint density at radius 1 is 1.39 bits per heavy atom. The van der Waals surface area contributed by atoms with Gasteiger partial charge in [0.05, 0.1) is 6.42 Å². The zero-order valence-electron chi connectivity index (χ0n) is 9.80. The van der Waals surface area contributed by atoms with E-state index >= 15 is 0 Å². The Bertz CT molecular complexity index is 485. The number of ether oxygens (including phenoxy) is 2. The molecule has 18 heavy (non-hydrogen) atoms. The minimum absolute atomic E-state index is 0.105.